The zero-order chi connectivity index (χ0) is 12.1. The number of hydrogen-bond acceptors (Lipinski definition) is 4. The Kier molecular flexibility index (Phi) is 3.47. The van der Waals surface area contributed by atoms with E-state index >= 15 is 0 Å². The maximum Gasteiger partial charge on any atom is 0.116 e. The van der Waals surface area contributed by atoms with Gasteiger partial charge in [0.05, 0.1) is 18.0 Å². The van der Waals surface area contributed by atoms with Gasteiger partial charge in [-0.1, -0.05) is 18.2 Å². The normalized spacial score (nSPS) is 10.9. The number of hydrogen-bond donors (Lipinski definition) is 2. The van der Waals surface area contributed by atoms with Crippen LogP contribution in [0.2, 0.25) is 0 Å². The number of aliphatic hydroxyl groups excluding tert-OH is 1. The van der Waals surface area contributed by atoms with Gasteiger partial charge in [-0.25, -0.2) is 0 Å². The fourth-order valence-electron chi connectivity index (χ4n) is 1.40. The maximum absolute atomic E-state index is 9.27. The molecule has 0 heterocycles. The van der Waals surface area contributed by atoms with Gasteiger partial charge < -0.3 is 10.2 Å². The second kappa shape index (κ2) is 5.23. The van der Waals surface area contributed by atoms with Crippen LogP contribution in [0.4, 0.5) is 11.4 Å². The number of benzene rings is 2. The first-order valence-electron chi connectivity index (χ1n) is 5.19. The Labute approximate surface area is 98.9 Å². The molecule has 0 aliphatic carbocycles. The average molecular weight is 228 g/mol. The van der Waals surface area contributed by atoms with Gasteiger partial charge in [-0.3, -0.25) is 0 Å². The van der Waals surface area contributed by atoms with Crippen LogP contribution in [0, 0.1) is 0 Å². The van der Waals surface area contributed by atoms with Crippen molar-refractivity contribution in [3.63, 3.8) is 0 Å². The Morgan fingerprint density at radius 1 is 0.941 bits per heavy atom. The summed E-state index contributed by atoms with van der Waals surface area (Å²) in [4.78, 5) is 0. The molecule has 2 aromatic carbocycles. The Bertz CT molecular complexity index is 524. The van der Waals surface area contributed by atoms with Gasteiger partial charge in [0.2, 0.25) is 0 Å². The molecule has 0 aromatic heterocycles. The molecule has 0 radical (unpaired) electrons. The number of aliphatic hydroxyl groups is 1. The second-order valence-corrected chi connectivity index (χ2v) is 3.51. The molecule has 0 amide bonds. The van der Waals surface area contributed by atoms with Crippen molar-refractivity contribution >= 4 is 11.4 Å². The minimum absolute atomic E-state index is 0.104. The Balaban J connectivity index is 2.27. The van der Waals surface area contributed by atoms with Gasteiger partial charge in [0.1, 0.15) is 5.75 Å². The first-order valence-corrected chi connectivity index (χ1v) is 5.19. The Morgan fingerprint density at radius 3 is 2.41 bits per heavy atom. The van der Waals surface area contributed by atoms with Crippen LogP contribution < -0.4 is 0 Å². The van der Waals surface area contributed by atoms with Gasteiger partial charge in [0.15, 0.2) is 0 Å². The molecule has 4 heteroatoms. The lowest BCUT2D eigenvalue weighted by Gasteiger charge is -2.01. The third-order valence-corrected chi connectivity index (χ3v) is 2.26. The largest absolute Gasteiger partial charge is 0.508 e. The molecule has 0 fully saturated rings. The van der Waals surface area contributed by atoms with Crippen molar-refractivity contribution in [1.29, 1.82) is 0 Å². The molecular formula is C13H12N2O2. The molecule has 0 spiro atoms. The molecule has 0 unspecified atom stereocenters. The van der Waals surface area contributed by atoms with Gasteiger partial charge in [-0.2, -0.15) is 10.2 Å². The molecule has 4 nitrogen and oxygen atoms in total. The number of nitrogens with zero attached hydrogens (tertiary/aromatic N) is 2. The van der Waals surface area contributed by atoms with Gasteiger partial charge >= 0.3 is 0 Å². The zero-order valence-corrected chi connectivity index (χ0v) is 9.11. The molecule has 2 aromatic rings. The van der Waals surface area contributed by atoms with Gasteiger partial charge in [-0.15, -0.1) is 0 Å². The topological polar surface area (TPSA) is 65.2 Å². The summed E-state index contributed by atoms with van der Waals surface area (Å²) < 4.78 is 0. The Morgan fingerprint density at radius 2 is 1.71 bits per heavy atom. The molecule has 0 saturated carbocycles. The minimum atomic E-state index is -0.183. The minimum Gasteiger partial charge on any atom is -0.508 e. The van der Waals surface area contributed by atoms with E-state index in [2.05, 4.69) is 10.2 Å². The van der Waals surface area contributed by atoms with Crippen molar-refractivity contribution in [2.75, 3.05) is 0 Å². The summed E-state index contributed by atoms with van der Waals surface area (Å²) in [6.45, 7) is -0.183. The summed E-state index contributed by atoms with van der Waals surface area (Å²) >= 11 is 0. The molecule has 0 aliphatic rings. The van der Waals surface area contributed by atoms with Crippen molar-refractivity contribution in [3.05, 3.63) is 54.1 Å². The van der Waals surface area contributed by atoms with Gasteiger partial charge in [0.25, 0.3) is 0 Å². The maximum atomic E-state index is 9.27. The summed E-state index contributed by atoms with van der Waals surface area (Å²) in [6.07, 6.45) is 0. The highest BCUT2D eigenvalue weighted by molar-refractivity contribution is 5.49. The summed E-state index contributed by atoms with van der Waals surface area (Å²) in [5, 5.41) is 26.5. The molecule has 2 N–H and O–H groups in total. The van der Waals surface area contributed by atoms with E-state index in [9.17, 15) is 5.11 Å². The van der Waals surface area contributed by atoms with E-state index in [1.807, 2.05) is 30.3 Å². The van der Waals surface area contributed by atoms with Crippen LogP contribution in [0.25, 0.3) is 0 Å². The van der Waals surface area contributed by atoms with Crippen LogP contribution in [-0.2, 0) is 6.61 Å². The molecular weight excluding hydrogens is 216 g/mol. The lowest BCUT2D eigenvalue weighted by molar-refractivity contribution is 0.281. The zero-order valence-electron chi connectivity index (χ0n) is 9.11. The molecule has 0 aliphatic heterocycles. The van der Waals surface area contributed by atoms with Crippen molar-refractivity contribution < 1.29 is 10.2 Å². The van der Waals surface area contributed by atoms with Crippen LogP contribution in [0.5, 0.6) is 5.75 Å². The number of aromatic hydroxyl groups is 1. The van der Waals surface area contributed by atoms with E-state index in [-0.39, 0.29) is 12.4 Å². The van der Waals surface area contributed by atoms with Crippen LogP contribution in [0.15, 0.2) is 58.8 Å². The summed E-state index contributed by atoms with van der Waals surface area (Å²) in [5.74, 6) is 0.104. The fourth-order valence-corrected chi connectivity index (χ4v) is 1.40. The Hall–Kier alpha value is -2.20. The molecule has 86 valence electrons. The van der Waals surface area contributed by atoms with Crippen LogP contribution >= 0.6 is 0 Å². The highest BCUT2D eigenvalue weighted by atomic mass is 16.3. The molecule has 0 saturated heterocycles. The van der Waals surface area contributed by atoms with E-state index < -0.39 is 0 Å². The molecule has 2 rings (SSSR count). The van der Waals surface area contributed by atoms with E-state index in [4.69, 9.17) is 5.11 Å². The number of rotatable bonds is 3. The van der Waals surface area contributed by atoms with Crippen LogP contribution in [0.1, 0.15) is 5.56 Å². The first kappa shape index (κ1) is 11.3. The fraction of sp³-hybridized carbons (Fsp3) is 0.0769. The van der Waals surface area contributed by atoms with Crippen LogP contribution in [0.3, 0.4) is 0 Å². The van der Waals surface area contributed by atoms with Crippen molar-refractivity contribution in [2.45, 2.75) is 6.61 Å². The summed E-state index contributed by atoms with van der Waals surface area (Å²) in [6, 6.07) is 13.9. The highest BCUT2D eigenvalue weighted by Gasteiger charge is 2.01. The summed E-state index contributed by atoms with van der Waals surface area (Å²) in [7, 11) is 0. The third-order valence-electron chi connectivity index (χ3n) is 2.26. The van der Waals surface area contributed by atoms with E-state index in [1.165, 1.54) is 12.1 Å². The number of azo groups is 1. The smallest absolute Gasteiger partial charge is 0.116 e. The first-order chi connectivity index (χ1) is 8.29. The summed E-state index contributed by atoms with van der Waals surface area (Å²) in [5.41, 5.74) is 1.84. The average Bonchev–Trinajstić information content (AvgIpc) is 2.38. The number of phenolic OH excluding ortho intramolecular Hbond substituents is 1. The third kappa shape index (κ3) is 2.89. The van der Waals surface area contributed by atoms with Gasteiger partial charge in [-0.05, 0) is 30.3 Å². The monoisotopic (exact) mass is 228 g/mol. The van der Waals surface area contributed by atoms with Crippen molar-refractivity contribution in [3.8, 4) is 5.75 Å². The second-order valence-electron chi connectivity index (χ2n) is 3.51. The highest BCUT2D eigenvalue weighted by Crippen LogP contribution is 2.25. The predicted octanol–water partition coefficient (Wildman–Crippen LogP) is 3.30. The quantitative estimate of drug-likeness (QED) is 0.791. The molecule has 0 bridgehead atoms. The van der Waals surface area contributed by atoms with E-state index in [0.29, 0.717) is 11.3 Å². The lowest BCUT2D eigenvalue weighted by Crippen LogP contribution is -1.82. The van der Waals surface area contributed by atoms with Gasteiger partial charge in [0, 0.05) is 5.56 Å². The predicted molar refractivity (Wildman–Crippen MR) is 64.6 cm³/mol. The SMILES string of the molecule is OCc1cc(O)ccc1N=Nc1ccccc1. The van der Waals surface area contributed by atoms with E-state index in [0.717, 1.165) is 5.69 Å². The molecule has 0 atom stereocenters. The standard InChI is InChI=1S/C13H12N2O2/c16-9-10-8-12(17)6-7-13(10)15-14-11-4-2-1-3-5-11/h1-8,16-17H,9H2. The van der Waals surface area contributed by atoms with E-state index in [1.54, 1.807) is 6.07 Å². The number of phenols is 1. The van der Waals surface area contributed by atoms with Crippen LogP contribution in [-0.4, -0.2) is 10.2 Å². The van der Waals surface area contributed by atoms with Crippen molar-refractivity contribution in [1.82, 2.24) is 0 Å². The van der Waals surface area contributed by atoms with Crippen molar-refractivity contribution in [2.24, 2.45) is 10.2 Å². The lowest BCUT2D eigenvalue weighted by atomic mass is 10.2. The molecule has 17 heavy (non-hydrogen) atoms.